The molecule has 0 unspecified atom stereocenters. The molecule has 0 bridgehead atoms. The van der Waals surface area contributed by atoms with Crippen LogP contribution in [0.25, 0.3) is 17.4 Å². The van der Waals surface area contributed by atoms with Crippen LogP contribution in [0.5, 0.6) is 5.75 Å². The Kier molecular flexibility index (Phi) is 6.01. The zero-order valence-electron chi connectivity index (χ0n) is 17.3. The summed E-state index contributed by atoms with van der Waals surface area (Å²) in [5.74, 6) is 0.105. The Labute approximate surface area is 193 Å². The first kappa shape index (κ1) is 21.9. The van der Waals surface area contributed by atoms with Gasteiger partial charge in [-0.15, -0.1) is 0 Å². The Morgan fingerprint density at radius 3 is 2.42 bits per heavy atom. The number of furan rings is 1. The highest BCUT2D eigenvalue weighted by Crippen LogP contribution is 2.28. The van der Waals surface area contributed by atoms with Crippen molar-refractivity contribution in [3.8, 4) is 17.1 Å². The van der Waals surface area contributed by atoms with E-state index in [9.17, 15) is 19.7 Å². The summed E-state index contributed by atoms with van der Waals surface area (Å²) < 4.78 is 11.1. The fraction of sp³-hybridized carbons (Fsp3) is 0.0870. The van der Waals surface area contributed by atoms with Gasteiger partial charge in [-0.3, -0.25) is 29.9 Å². The van der Waals surface area contributed by atoms with E-state index >= 15 is 0 Å². The van der Waals surface area contributed by atoms with Crippen LogP contribution < -0.4 is 15.0 Å². The number of ether oxygens (including phenoxy) is 1. The number of rotatable bonds is 6. The molecule has 1 saturated heterocycles. The lowest BCUT2D eigenvalue weighted by atomic mass is 10.1. The topological polar surface area (TPSA) is 115 Å². The van der Waals surface area contributed by atoms with Gasteiger partial charge in [0.05, 0.1) is 17.2 Å². The maximum atomic E-state index is 13.1. The second-order valence-corrected chi connectivity index (χ2v) is 7.28. The van der Waals surface area contributed by atoms with Crippen molar-refractivity contribution in [1.29, 1.82) is 0 Å². The number of nitro groups is 1. The number of benzene rings is 2. The summed E-state index contributed by atoms with van der Waals surface area (Å²) >= 11 is 5.21. The van der Waals surface area contributed by atoms with Crippen LogP contribution in [0.1, 0.15) is 12.7 Å². The first-order valence-corrected chi connectivity index (χ1v) is 10.3. The molecule has 1 aromatic heterocycles. The number of non-ortho nitro benzene ring substituents is 1. The van der Waals surface area contributed by atoms with Crippen molar-refractivity contribution < 1.29 is 23.7 Å². The van der Waals surface area contributed by atoms with Crippen LogP contribution in [-0.4, -0.2) is 28.5 Å². The van der Waals surface area contributed by atoms with E-state index in [0.717, 1.165) is 0 Å². The Bertz CT molecular complexity index is 1280. The summed E-state index contributed by atoms with van der Waals surface area (Å²) in [4.78, 5) is 37.1. The van der Waals surface area contributed by atoms with E-state index in [0.29, 0.717) is 29.4 Å². The van der Waals surface area contributed by atoms with E-state index in [-0.39, 0.29) is 22.1 Å². The second-order valence-electron chi connectivity index (χ2n) is 6.89. The van der Waals surface area contributed by atoms with Gasteiger partial charge in [0.2, 0.25) is 0 Å². The van der Waals surface area contributed by atoms with E-state index in [4.69, 9.17) is 21.4 Å². The summed E-state index contributed by atoms with van der Waals surface area (Å²) in [6.45, 7) is 2.37. The van der Waals surface area contributed by atoms with Crippen LogP contribution >= 0.6 is 12.2 Å². The van der Waals surface area contributed by atoms with Crippen LogP contribution in [0, 0.1) is 10.1 Å². The summed E-state index contributed by atoms with van der Waals surface area (Å²) in [7, 11) is 0. The average Bonchev–Trinajstić information content (AvgIpc) is 3.27. The Hall–Kier alpha value is -4.31. The second kappa shape index (κ2) is 9.05. The van der Waals surface area contributed by atoms with Crippen molar-refractivity contribution in [2.45, 2.75) is 6.92 Å². The molecule has 3 aromatic rings. The molecule has 2 amide bonds. The van der Waals surface area contributed by atoms with E-state index in [1.54, 1.807) is 48.5 Å². The van der Waals surface area contributed by atoms with Crippen molar-refractivity contribution in [3.05, 3.63) is 82.1 Å². The normalized spacial score (nSPS) is 15.0. The fourth-order valence-electron chi connectivity index (χ4n) is 3.23. The molecule has 0 aliphatic carbocycles. The molecular weight excluding hydrogens is 446 g/mol. The molecule has 0 atom stereocenters. The van der Waals surface area contributed by atoms with Gasteiger partial charge in [0.1, 0.15) is 22.8 Å². The molecule has 0 radical (unpaired) electrons. The van der Waals surface area contributed by atoms with Crippen LogP contribution in [0.2, 0.25) is 0 Å². The van der Waals surface area contributed by atoms with Gasteiger partial charge in [-0.25, -0.2) is 0 Å². The Balaban J connectivity index is 1.60. The molecule has 10 heteroatoms. The predicted octanol–water partition coefficient (Wildman–Crippen LogP) is 4.08. The standard InChI is InChI=1S/C23H17N3O6S/c1-2-31-17-9-7-15(8-10-17)25-22(28)19(21(27)24-23(25)33)13-18-11-12-20(32-18)14-3-5-16(6-4-14)26(29)30/h3-13H,2H2,1H3,(H,24,27,33). The van der Waals surface area contributed by atoms with Crippen LogP contribution in [-0.2, 0) is 9.59 Å². The van der Waals surface area contributed by atoms with Gasteiger partial charge in [0.15, 0.2) is 5.11 Å². The number of hydrogen-bond donors (Lipinski definition) is 1. The molecule has 1 aliphatic rings. The third-order valence-corrected chi connectivity index (χ3v) is 5.07. The average molecular weight is 463 g/mol. The van der Waals surface area contributed by atoms with E-state index in [1.807, 2.05) is 6.92 Å². The lowest BCUT2D eigenvalue weighted by molar-refractivity contribution is -0.384. The molecule has 2 aromatic carbocycles. The van der Waals surface area contributed by atoms with Gasteiger partial charge in [0.25, 0.3) is 17.5 Å². The summed E-state index contributed by atoms with van der Waals surface area (Å²) in [6.07, 6.45) is 1.33. The van der Waals surface area contributed by atoms with Gasteiger partial charge in [-0.05, 0) is 73.7 Å². The minimum atomic E-state index is -0.638. The van der Waals surface area contributed by atoms with Crippen LogP contribution in [0.4, 0.5) is 11.4 Å². The molecule has 0 spiro atoms. The molecule has 1 fully saturated rings. The molecule has 1 aliphatic heterocycles. The molecule has 4 rings (SSSR count). The number of anilines is 1. The Morgan fingerprint density at radius 1 is 1.09 bits per heavy atom. The molecule has 1 N–H and O–H groups in total. The fourth-order valence-corrected chi connectivity index (χ4v) is 3.51. The number of nitrogens with zero attached hydrogens (tertiary/aromatic N) is 2. The van der Waals surface area contributed by atoms with E-state index in [1.165, 1.54) is 23.1 Å². The zero-order valence-corrected chi connectivity index (χ0v) is 18.1. The van der Waals surface area contributed by atoms with Gasteiger partial charge in [0, 0.05) is 17.7 Å². The zero-order chi connectivity index (χ0) is 23.5. The number of hydrogen-bond acceptors (Lipinski definition) is 7. The highest BCUT2D eigenvalue weighted by atomic mass is 32.1. The summed E-state index contributed by atoms with van der Waals surface area (Å²) in [5, 5.41) is 13.3. The smallest absolute Gasteiger partial charge is 0.270 e. The van der Waals surface area contributed by atoms with E-state index < -0.39 is 16.7 Å². The monoisotopic (exact) mass is 463 g/mol. The minimum absolute atomic E-state index is 0.0303. The van der Waals surface area contributed by atoms with Gasteiger partial charge < -0.3 is 9.15 Å². The van der Waals surface area contributed by atoms with E-state index in [2.05, 4.69) is 5.32 Å². The lowest BCUT2D eigenvalue weighted by Crippen LogP contribution is -2.54. The van der Waals surface area contributed by atoms with Crippen molar-refractivity contribution in [3.63, 3.8) is 0 Å². The predicted molar refractivity (Wildman–Crippen MR) is 125 cm³/mol. The van der Waals surface area contributed by atoms with Crippen molar-refractivity contribution >= 4 is 46.6 Å². The molecule has 33 heavy (non-hydrogen) atoms. The van der Waals surface area contributed by atoms with Crippen LogP contribution in [0.15, 0.2) is 70.7 Å². The van der Waals surface area contributed by atoms with Gasteiger partial charge in [-0.2, -0.15) is 0 Å². The third-order valence-electron chi connectivity index (χ3n) is 4.78. The number of carbonyl (C=O) groups is 2. The maximum Gasteiger partial charge on any atom is 0.270 e. The molecule has 166 valence electrons. The van der Waals surface area contributed by atoms with Crippen molar-refractivity contribution in [2.75, 3.05) is 11.5 Å². The largest absolute Gasteiger partial charge is 0.494 e. The lowest BCUT2D eigenvalue weighted by Gasteiger charge is -2.28. The number of nitro benzene ring substituents is 1. The highest BCUT2D eigenvalue weighted by Gasteiger charge is 2.34. The molecule has 9 nitrogen and oxygen atoms in total. The number of carbonyl (C=O) groups excluding carboxylic acids is 2. The van der Waals surface area contributed by atoms with Gasteiger partial charge >= 0.3 is 0 Å². The van der Waals surface area contributed by atoms with Crippen molar-refractivity contribution in [2.24, 2.45) is 0 Å². The quantitative estimate of drug-likeness (QED) is 0.193. The molecule has 2 heterocycles. The minimum Gasteiger partial charge on any atom is -0.494 e. The first-order chi connectivity index (χ1) is 15.9. The third kappa shape index (κ3) is 4.51. The molecular formula is C23H17N3O6S. The summed E-state index contributed by atoms with van der Waals surface area (Å²) in [5.41, 5.74) is 0.900. The first-order valence-electron chi connectivity index (χ1n) is 9.86. The highest BCUT2D eigenvalue weighted by molar-refractivity contribution is 7.80. The number of nitrogens with one attached hydrogen (secondary N) is 1. The Morgan fingerprint density at radius 2 is 1.79 bits per heavy atom. The summed E-state index contributed by atoms with van der Waals surface area (Å²) in [6, 6.07) is 15.8. The van der Waals surface area contributed by atoms with Crippen molar-refractivity contribution in [1.82, 2.24) is 5.32 Å². The molecule has 0 saturated carbocycles. The maximum absolute atomic E-state index is 13.1. The van der Waals surface area contributed by atoms with Crippen LogP contribution in [0.3, 0.4) is 0 Å². The SMILES string of the molecule is CCOc1ccc(N2C(=O)C(=Cc3ccc(-c4ccc([N+](=O)[O-])cc4)o3)C(=O)NC2=S)cc1. The van der Waals surface area contributed by atoms with Gasteiger partial charge in [-0.1, -0.05) is 0 Å². The number of amides is 2. The number of thiocarbonyl (C=S) groups is 1.